The predicted molar refractivity (Wildman–Crippen MR) is 107 cm³/mol. The van der Waals surface area contributed by atoms with Gasteiger partial charge in [0, 0.05) is 19.1 Å². The summed E-state index contributed by atoms with van der Waals surface area (Å²) in [5.41, 5.74) is 0.164. The van der Waals surface area contributed by atoms with Crippen molar-refractivity contribution in [1.29, 1.82) is 0 Å². The van der Waals surface area contributed by atoms with E-state index in [1.54, 1.807) is 11.0 Å². The number of amides is 1. The Kier molecular flexibility index (Phi) is 5.82. The molecule has 30 heavy (non-hydrogen) atoms. The number of benzene rings is 2. The summed E-state index contributed by atoms with van der Waals surface area (Å²) in [7, 11) is 0. The van der Waals surface area contributed by atoms with E-state index in [2.05, 4.69) is 4.90 Å². The number of likely N-dealkylation sites (tertiary alicyclic amines) is 2. The highest BCUT2D eigenvalue weighted by atomic mass is 19.4. The second kappa shape index (κ2) is 8.38. The minimum absolute atomic E-state index is 0.0129. The Bertz CT molecular complexity index is 904. The Morgan fingerprint density at radius 2 is 1.60 bits per heavy atom. The molecule has 2 aliphatic heterocycles. The molecule has 0 aromatic heterocycles. The monoisotopic (exact) mass is 420 g/mol. The molecular formula is C23H24F4N2O. The Hall–Kier alpha value is -2.41. The van der Waals surface area contributed by atoms with Gasteiger partial charge < -0.3 is 9.80 Å². The molecule has 0 radical (unpaired) electrons. The number of halogens is 4. The van der Waals surface area contributed by atoms with Crippen LogP contribution in [0.5, 0.6) is 0 Å². The average Bonchev–Trinajstić information content (AvgIpc) is 3.39. The van der Waals surface area contributed by atoms with Gasteiger partial charge in [-0.05, 0) is 74.2 Å². The maximum atomic E-state index is 14.8. The molecule has 1 unspecified atom stereocenters. The molecule has 4 rings (SSSR count). The number of rotatable bonds is 4. The number of alkyl halides is 3. The van der Waals surface area contributed by atoms with Gasteiger partial charge in [-0.2, -0.15) is 13.2 Å². The fraction of sp³-hybridized carbons (Fsp3) is 0.435. The highest BCUT2D eigenvalue weighted by Gasteiger charge is 2.33. The number of hydrogen-bond acceptors (Lipinski definition) is 2. The van der Waals surface area contributed by atoms with Crippen molar-refractivity contribution in [2.24, 2.45) is 0 Å². The highest BCUT2D eigenvalue weighted by Crippen LogP contribution is 2.32. The minimum atomic E-state index is -4.42. The van der Waals surface area contributed by atoms with Crippen molar-refractivity contribution in [2.75, 3.05) is 26.2 Å². The van der Waals surface area contributed by atoms with Gasteiger partial charge in [0.1, 0.15) is 5.82 Å². The molecule has 2 aromatic carbocycles. The van der Waals surface area contributed by atoms with Crippen molar-refractivity contribution < 1.29 is 22.4 Å². The van der Waals surface area contributed by atoms with Gasteiger partial charge in [0.05, 0.1) is 11.1 Å². The topological polar surface area (TPSA) is 23.6 Å². The van der Waals surface area contributed by atoms with E-state index in [-0.39, 0.29) is 17.5 Å². The van der Waals surface area contributed by atoms with E-state index in [0.717, 1.165) is 44.6 Å². The summed E-state index contributed by atoms with van der Waals surface area (Å²) < 4.78 is 53.0. The van der Waals surface area contributed by atoms with Crippen molar-refractivity contribution in [3.05, 3.63) is 59.4 Å². The van der Waals surface area contributed by atoms with Crippen LogP contribution in [0.3, 0.4) is 0 Å². The van der Waals surface area contributed by atoms with Gasteiger partial charge in [0.2, 0.25) is 0 Å². The first-order chi connectivity index (χ1) is 14.3. The lowest BCUT2D eigenvalue weighted by Gasteiger charge is -2.28. The SMILES string of the molecule is O=C(c1ccc(-c2ccc(C(F)(F)F)cc2)cc1F)N1CCCC1CN1CCCC1. The zero-order chi connectivity index (χ0) is 21.3. The Morgan fingerprint density at radius 3 is 2.23 bits per heavy atom. The van der Waals surface area contributed by atoms with E-state index in [4.69, 9.17) is 0 Å². The third kappa shape index (κ3) is 4.36. The summed E-state index contributed by atoms with van der Waals surface area (Å²) in [4.78, 5) is 17.1. The van der Waals surface area contributed by atoms with E-state index < -0.39 is 17.6 Å². The highest BCUT2D eigenvalue weighted by molar-refractivity contribution is 5.95. The zero-order valence-corrected chi connectivity index (χ0v) is 16.6. The maximum Gasteiger partial charge on any atom is 0.416 e. The molecule has 0 aliphatic carbocycles. The van der Waals surface area contributed by atoms with Crippen LogP contribution in [0.1, 0.15) is 41.6 Å². The summed E-state index contributed by atoms with van der Waals surface area (Å²) in [6, 6.07) is 8.92. The molecular weight excluding hydrogens is 396 g/mol. The van der Waals surface area contributed by atoms with Gasteiger partial charge in [-0.15, -0.1) is 0 Å². The molecule has 1 amide bonds. The fourth-order valence-corrected chi connectivity index (χ4v) is 4.43. The van der Waals surface area contributed by atoms with Gasteiger partial charge in [-0.1, -0.05) is 18.2 Å². The molecule has 2 aliphatic rings. The summed E-state index contributed by atoms with van der Waals surface area (Å²) in [6.07, 6.45) is -0.216. The quantitative estimate of drug-likeness (QED) is 0.634. The van der Waals surface area contributed by atoms with E-state index in [1.807, 2.05) is 0 Å². The van der Waals surface area contributed by atoms with Crippen LogP contribution in [0.2, 0.25) is 0 Å². The molecule has 7 heteroatoms. The molecule has 0 N–H and O–H groups in total. The zero-order valence-electron chi connectivity index (χ0n) is 16.6. The number of carbonyl (C=O) groups is 1. The number of carbonyl (C=O) groups excluding carboxylic acids is 1. The normalized spacial score (nSPS) is 20.1. The van der Waals surface area contributed by atoms with Crippen LogP contribution in [0.25, 0.3) is 11.1 Å². The standard InChI is InChI=1S/C23H24F4N2O/c24-21-14-17(16-5-8-18(9-6-16)23(25,26)27)7-10-20(21)22(30)29-13-3-4-19(29)15-28-11-1-2-12-28/h5-10,14,19H,1-4,11-13,15H2. The van der Waals surface area contributed by atoms with Crippen molar-refractivity contribution in [1.82, 2.24) is 9.80 Å². The van der Waals surface area contributed by atoms with E-state index in [0.29, 0.717) is 17.7 Å². The van der Waals surface area contributed by atoms with Crippen molar-refractivity contribution >= 4 is 5.91 Å². The largest absolute Gasteiger partial charge is 0.416 e. The van der Waals surface area contributed by atoms with E-state index in [9.17, 15) is 22.4 Å². The summed E-state index contributed by atoms with van der Waals surface area (Å²) in [6.45, 7) is 3.55. The van der Waals surface area contributed by atoms with Crippen LogP contribution in [-0.4, -0.2) is 47.9 Å². The fourth-order valence-electron chi connectivity index (χ4n) is 4.43. The van der Waals surface area contributed by atoms with Gasteiger partial charge in [-0.3, -0.25) is 4.79 Å². The smallest absolute Gasteiger partial charge is 0.334 e. The molecule has 0 spiro atoms. The lowest BCUT2D eigenvalue weighted by atomic mass is 10.0. The first kappa shape index (κ1) is 20.8. The second-order valence-corrected chi connectivity index (χ2v) is 8.07. The van der Waals surface area contributed by atoms with Crippen molar-refractivity contribution in [2.45, 2.75) is 37.9 Å². The minimum Gasteiger partial charge on any atom is -0.334 e. The third-order valence-electron chi connectivity index (χ3n) is 6.05. The summed E-state index contributed by atoms with van der Waals surface area (Å²) >= 11 is 0. The van der Waals surface area contributed by atoms with Crippen LogP contribution < -0.4 is 0 Å². The summed E-state index contributed by atoms with van der Waals surface area (Å²) in [5, 5.41) is 0. The van der Waals surface area contributed by atoms with Crippen LogP contribution >= 0.6 is 0 Å². The lowest BCUT2D eigenvalue weighted by Crippen LogP contribution is -2.42. The molecule has 1 atom stereocenters. The molecule has 2 saturated heterocycles. The van der Waals surface area contributed by atoms with Crippen LogP contribution in [0.4, 0.5) is 17.6 Å². The Labute approximate surface area is 173 Å². The van der Waals surface area contributed by atoms with Gasteiger partial charge in [0.25, 0.3) is 5.91 Å². The average molecular weight is 420 g/mol. The maximum absolute atomic E-state index is 14.8. The van der Waals surface area contributed by atoms with E-state index in [1.165, 1.54) is 37.1 Å². The molecule has 2 aromatic rings. The number of hydrogen-bond donors (Lipinski definition) is 0. The first-order valence-corrected chi connectivity index (χ1v) is 10.3. The van der Waals surface area contributed by atoms with Crippen LogP contribution in [0.15, 0.2) is 42.5 Å². The van der Waals surface area contributed by atoms with Gasteiger partial charge in [-0.25, -0.2) is 4.39 Å². The third-order valence-corrected chi connectivity index (χ3v) is 6.05. The van der Waals surface area contributed by atoms with Crippen LogP contribution in [0, 0.1) is 5.82 Å². The Balaban J connectivity index is 1.50. The predicted octanol–water partition coefficient (Wildman–Crippen LogP) is 5.21. The summed E-state index contributed by atoms with van der Waals surface area (Å²) in [5.74, 6) is -0.961. The van der Waals surface area contributed by atoms with Gasteiger partial charge >= 0.3 is 6.18 Å². The Morgan fingerprint density at radius 1 is 0.933 bits per heavy atom. The molecule has 160 valence electrons. The molecule has 3 nitrogen and oxygen atoms in total. The van der Waals surface area contributed by atoms with Crippen molar-refractivity contribution in [3.8, 4) is 11.1 Å². The second-order valence-electron chi connectivity index (χ2n) is 8.07. The number of nitrogens with zero attached hydrogens (tertiary/aromatic N) is 2. The molecule has 0 bridgehead atoms. The molecule has 0 saturated carbocycles. The molecule has 2 heterocycles. The van der Waals surface area contributed by atoms with Gasteiger partial charge in [0.15, 0.2) is 0 Å². The van der Waals surface area contributed by atoms with Crippen molar-refractivity contribution in [3.63, 3.8) is 0 Å². The first-order valence-electron chi connectivity index (χ1n) is 10.3. The lowest BCUT2D eigenvalue weighted by molar-refractivity contribution is -0.137. The van der Waals surface area contributed by atoms with E-state index >= 15 is 0 Å². The molecule has 2 fully saturated rings. The van der Waals surface area contributed by atoms with Crippen LogP contribution in [-0.2, 0) is 6.18 Å².